The number of halogens is 1. The average Bonchev–Trinajstić information content (AvgIpc) is 2.52. The number of carbonyl (C=O) groups is 1. The van der Waals surface area contributed by atoms with Crippen LogP contribution in [0.5, 0.6) is 5.75 Å². The number of rotatable bonds is 3. The zero-order valence-corrected chi connectivity index (χ0v) is 13.2. The summed E-state index contributed by atoms with van der Waals surface area (Å²) in [4.78, 5) is 12.2. The molecular formula is C18H13BrO3. The average molecular weight is 357 g/mol. The highest BCUT2D eigenvalue weighted by molar-refractivity contribution is 9.10. The molecule has 0 bridgehead atoms. The van der Waals surface area contributed by atoms with Crippen molar-refractivity contribution in [3.63, 3.8) is 0 Å². The molecule has 0 radical (unpaired) electrons. The Bertz CT molecular complexity index is 843. The highest BCUT2D eigenvalue weighted by Gasteiger charge is 2.14. The summed E-state index contributed by atoms with van der Waals surface area (Å²) in [5.41, 5.74) is 1.05. The van der Waals surface area contributed by atoms with Crippen molar-refractivity contribution in [3.05, 3.63) is 76.3 Å². The molecule has 0 unspecified atom stereocenters. The number of phenols is 1. The Morgan fingerprint density at radius 2 is 1.73 bits per heavy atom. The molecule has 3 aromatic carbocycles. The highest BCUT2D eigenvalue weighted by atomic mass is 79.9. The molecule has 3 rings (SSSR count). The van der Waals surface area contributed by atoms with Crippen LogP contribution in [0.2, 0.25) is 0 Å². The fourth-order valence-corrected chi connectivity index (χ4v) is 2.69. The number of fused-ring (bicyclic) bond motifs is 1. The lowest BCUT2D eigenvalue weighted by Crippen LogP contribution is -2.05. The summed E-state index contributed by atoms with van der Waals surface area (Å²) in [5.74, 6) is -0.610. The summed E-state index contributed by atoms with van der Waals surface area (Å²) in [6, 6.07) is 18.3. The van der Waals surface area contributed by atoms with E-state index in [1.54, 1.807) is 12.1 Å². The van der Waals surface area contributed by atoms with Gasteiger partial charge >= 0.3 is 5.97 Å². The first kappa shape index (κ1) is 14.6. The topological polar surface area (TPSA) is 46.5 Å². The lowest BCUT2D eigenvalue weighted by atomic mass is 10.1. The molecule has 22 heavy (non-hydrogen) atoms. The van der Waals surface area contributed by atoms with E-state index in [9.17, 15) is 9.90 Å². The molecule has 0 aliphatic carbocycles. The van der Waals surface area contributed by atoms with Gasteiger partial charge in [-0.2, -0.15) is 0 Å². The summed E-state index contributed by atoms with van der Waals surface area (Å²) in [5, 5.41) is 11.8. The van der Waals surface area contributed by atoms with E-state index >= 15 is 0 Å². The number of aromatic hydroxyl groups is 1. The van der Waals surface area contributed by atoms with Crippen LogP contribution in [0.4, 0.5) is 0 Å². The molecule has 1 N–H and O–H groups in total. The zero-order chi connectivity index (χ0) is 15.5. The van der Waals surface area contributed by atoms with Gasteiger partial charge in [0, 0.05) is 4.47 Å². The lowest BCUT2D eigenvalue weighted by Gasteiger charge is -2.08. The van der Waals surface area contributed by atoms with Crippen LogP contribution in [0.1, 0.15) is 15.9 Å². The van der Waals surface area contributed by atoms with Gasteiger partial charge in [-0.05, 0) is 40.6 Å². The van der Waals surface area contributed by atoms with Crippen molar-refractivity contribution in [2.24, 2.45) is 0 Å². The van der Waals surface area contributed by atoms with Crippen LogP contribution in [0.25, 0.3) is 10.8 Å². The van der Waals surface area contributed by atoms with Crippen LogP contribution < -0.4 is 0 Å². The maximum absolute atomic E-state index is 12.2. The summed E-state index contributed by atoms with van der Waals surface area (Å²) in [6.45, 7) is 0.157. The minimum atomic E-state index is -0.539. The normalized spacial score (nSPS) is 10.6. The van der Waals surface area contributed by atoms with Gasteiger partial charge < -0.3 is 9.84 Å². The van der Waals surface area contributed by atoms with Crippen molar-refractivity contribution in [1.82, 2.24) is 0 Å². The second-order valence-corrected chi connectivity index (χ2v) is 5.84. The molecule has 0 atom stereocenters. The molecule has 0 saturated heterocycles. The van der Waals surface area contributed by atoms with Crippen LogP contribution in [-0.2, 0) is 11.3 Å². The van der Waals surface area contributed by atoms with Gasteiger partial charge in [-0.1, -0.05) is 52.3 Å². The minimum Gasteiger partial charge on any atom is -0.507 e. The van der Waals surface area contributed by atoms with Crippen molar-refractivity contribution in [1.29, 1.82) is 0 Å². The van der Waals surface area contributed by atoms with Gasteiger partial charge in [0.1, 0.15) is 17.9 Å². The van der Waals surface area contributed by atoms with Gasteiger partial charge in [0.15, 0.2) is 0 Å². The van der Waals surface area contributed by atoms with Crippen LogP contribution in [0, 0.1) is 0 Å². The summed E-state index contributed by atoms with van der Waals surface area (Å²) in [6.07, 6.45) is 0. The van der Waals surface area contributed by atoms with Gasteiger partial charge in [0.05, 0.1) is 0 Å². The van der Waals surface area contributed by atoms with Crippen LogP contribution in [-0.4, -0.2) is 11.1 Å². The molecule has 3 aromatic rings. The lowest BCUT2D eigenvalue weighted by molar-refractivity contribution is 0.0469. The van der Waals surface area contributed by atoms with Crippen LogP contribution in [0.15, 0.2) is 65.1 Å². The number of benzene rings is 3. The number of esters is 1. The standard InChI is InChI=1S/C18H13BrO3/c19-15-7-3-4-12(8-15)11-22-18(21)16-9-13-5-1-2-6-14(13)10-17(16)20/h1-10,20H,11H2. The van der Waals surface area contributed by atoms with E-state index < -0.39 is 5.97 Å². The number of ether oxygens (including phenoxy) is 1. The Kier molecular flexibility index (Phi) is 4.11. The van der Waals surface area contributed by atoms with Crippen molar-refractivity contribution < 1.29 is 14.6 Å². The monoisotopic (exact) mass is 356 g/mol. The Hall–Kier alpha value is -2.33. The second-order valence-electron chi connectivity index (χ2n) is 4.92. The fourth-order valence-electron chi connectivity index (χ4n) is 2.25. The van der Waals surface area contributed by atoms with E-state index in [2.05, 4.69) is 15.9 Å². The number of phenolic OH excluding ortho intramolecular Hbond substituents is 1. The van der Waals surface area contributed by atoms with Gasteiger partial charge in [-0.15, -0.1) is 0 Å². The van der Waals surface area contributed by atoms with E-state index in [0.29, 0.717) is 0 Å². The van der Waals surface area contributed by atoms with E-state index in [-0.39, 0.29) is 17.9 Å². The van der Waals surface area contributed by atoms with Crippen molar-refractivity contribution in [2.45, 2.75) is 6.61 Å². The summed E-state index contributed by atoms with van der Waals surface area (Å²) < 4.78 is 6.20. The molecule has 0 amide bonds. The van der Waals surface area contributed by atoms with Crippen molar-refractivity contribution in [3.8, 4) is 5.75 Å². The predicted octanol–water partition coefficient (Wildman–Crippen LogP) is 4.66. The molecule has 3 nitrogen and oxygen atoms in total. The van der Waals surface area contributed by atoms with Crippen LogP contribution >= 0.6 is 15.9 Å². The van der Waals surface area contributed by atoms with Crippen molar-refractivity contribution >= 4 is 32.7 Å². The molecule has 0 fully saturated rings. The Morgan fingerprint density at radius 3 is 2.45 bits per heavy atom. The zero-order valence-electron chi connectivity index (χ0n) is 11.6. The predicted molar refractivity (Wildman–Crippen MR) is 88.9 cm³/mol. The third kappa shape index (κ3) is 3.12. The fraction of sp³-hybridized carbons (Fsp3) is 0.0556. The molecule has 0 aromatic heterocycles. The molecule has 0 heterocycles. The first-order chi connectivity index (χ1) is 10.6. The van der Waals surface area contributed by atoms with E-state index in [0.717, 1.165) is 20.8 Å². The molecular weight excluding hydrogens is 344 g/mol. The molecule has 0 aliphatic rings. The number of hydrogen-bond donors (Lipinski definition) is 1. The van der Waals surface area contributed by atoms with Gasteiger partial charge in [0.2, 0.25) is 0 Å². The maximum Gasteiger partial charge on any atom is 0.342 e. The molecule has 4 heteroatoms. The minimum absolute atomic E-state index is 0.0713. The smallest absolute Gasteiger partial charge is 0.342 e. The van der Waals surface area contributed by atoms with Gasteiger partial charge in [-0.25, -0.2) is 4.79 Å². The Balaban J connectivity index is 1.81. The molecule has 0 spiro atoms. The first-order valence-corrected chi connectivity index (χ1v) is 7.56. The SMILES string of the molecule is O=C(OCc1cccc(Br)c1)c1cc2ccccc2cc1O. The summed E-state index contributed by atoms with van der Waals surface area (Å²) >= 11 is 3.37. The number of hydrogen-bond acceptors (Lipinski definition) is 3. The molecule has 110 valence electrons. The largest absolute Gasteiger partial charge is 0.507 e. The first-order valence-electron chi connectivity index (χ1n) is 6.77. The summed E-state index contributed by atoms with van der Waals surface area (Å²) in [7, 11) is 0. The van der Waals surface area contributed by atoms with E-state index in [4.69, 9.17) is 4.74 Å². The highest BCUT2D eigenvalue weighted by Crippen LogP contribution is 2.26. The van der Waals surface area contributed by atoms with E-state index in [1.165, 1.54) is 0 Å². The number of carbonyl (C=O) groups excluding carboxylic acids is 1. The van der Waals surface area contributed by atoms with Crippen molar-refractivity contribution in [2.75, 3.05) is 0 Å². The third-order valence-corrected chi connectivity index (χ3v) is 3.84. The van der Waals surface area contributed by atoms with Crippen LogP contribution in [0.3, 0.4) is 0 Å². The molecule has 0 saturated carbocycles. The quantitative estimate of drug-likeness (QED) is 0.694. The Morgan fingerprint density at radius 1 is 1.00 bits per heavy atom. The van der Waals surface area contributed by atoms with Gasteiger partial charge in [-0.3, -0.25) is 0 Å². The molecule has 0 aliphatic heterocycles. The van der Waals surface area contributed by atoms with Gasteiger partial charge in [0.25, 0.3) is 0 Å². The maximum atomic E-state index is 12.2. The third-order valence-electron chi connectivity index (χ3n) is 3.34. The Labute approximate surface area is 136 Å². The van der Waals surface area contributed by atoms with E-state index in [1.807, 2.05) is 48.5 Å². The second kappa shape index (κ2) is 6.20.